The van der Waals surface area contributed by atoms with Crippen molar-refractivity contribution in [2.24, 2.45) is 5.41 Å². The number of rotatable bonds is 5. The number of carbonyl (C=O) groups is 2. The van der Waals surface area contributed by atoms with E-state index in [0.717, 1.165) is 48.4 Å². The third-order valence-corrected chi connectivity index (χ3v) is 7.22. The van der Waals surface area contributed by atoms with E-state index in [1.54, 1.807) is 0 Å². The molecule has 186 valence electrons. The highest BCUT2D eigenvalue weighted by Gasteiger charge is 2.47. The molecule has 3 aliphatic rings. The zero-order valence-corrected chi connectivity index (χ0v) is 20.8. The summed E-state index contributed by atoms with van der Waals surface area (Å²) < 4.78 is 5.67. The number of aromatic nitrogens is 2. The molecule has 2 fully saturated rings. The van der Waals surface area contributed by atoms with Crippen molar-refractivity contribution in [3.05, 3.63) is 35.5 Å². The van der Waals surface area contributed by atoms with E-state index in [0.29, 0.717) is 44.4 Å². The van der Waals surface area contributed by atoms with Gasteiger partial charge in [0.2, 0.25) is 5.91 Å². The van der Waals surface area contributed by atoms with Gasteiger partial charge < -0.3 is 25.2 Å². The molecule has 0 radical (unpaired) electrons. The van der Waals surface area contributed by atoms with Crippen molar-refractivity contribution in [3.8, 4) is 11.4 Å². The van der Waals surface area contributed by atoms with Gasteiger partial charge in [-0.3, -0.25) is 4.79 Å². The van der Waals surface area contributed by atoms with Crippen LogP contribution in [0.5, 0.6) is 0 Å². The number of hydrogen-bond acceptors (Lipinski definition) is 6. The largest absolute Gasteiger partial charge is 0.377 e. The predicted octanol–water partition coefficient (Wildman–Crippen LogP) is 3.19. The van der Waals surface area contributed by atoms with Gasteiger partial charge in [-0.2, -0.15) is 0 Å². The molecular weight excluding hydrogens is 444 g/mol. The molecule has 1 aromatic heterocycles. The highest BCUT2D eigenvalue weighted by atomic mass is 16.5. The quantitative estimate of drug-likeness (QED) is 0.685. The lowest BCUT2D eigenvalue weighted by atomic mass is 10.0. The van der Waals surface area contributed by atoms with Crippen molar-refractivity contribution in [2.45, 2.75) is 52.6 Å². The third-order valence-electron chi connectivity index (χ3n) is 7.22. The Morgan fingerprint density at radius 2 is 1.94 bits per heavy atom. The number of morpholine rings is 1. The highest BCUT2D eigenvalue weighted by Crippen LogP contribution is 2.47. The van der Waals surface area contributed by atoms with Crippen LogP contribution in [0.3, 0.4) is 0 Å². The molecule has 3 heterocycles. The van der Waals surface area contributed by atoms with Gasteiger partial charge in [0.15, 0.2) is 5.82 Å². The smallest absolute Gasteiger partial charge is 0.319 e. The Morgan fingerprint density at radius 1 is 1.17 bits per heavy atom. The van der Waals surface area contributed by atoms with Gasteiger partial charge in [-0.15, -0.1) is 0 Å². The Hall–Kier alpha value is -3.20. The normalized spacial score (nSPS) is 20.7. The maximum atomic E-state index is 13.1. The van der Waals surface area contributed by atoms with Gasteiger partial charge in [0, 0.05) is 41.9 Å². The molecule has 2 aromatic rings. The fraction of sp³-hybridized carbons (Fsp3) is 0.538. The molecule has 1 atom stereocenters. The maximum absolute atomic E-state index is 13.1. The van der Waals surface area contributed by atoms with Gasteiger partial charge >= 0.3 is 6.03 Å². The van der Waals surface area contributed by atoms with Crippen LogP contribution in [0.4, 0.5) is 16.3 Å². The fourth-order valence-electron chi connectivity index (χ4n) is 4.81. The number of amides is 3. The molecule has 2 aliphatic heterocycles. The van der Waals surface area contributed by atoms with Crippen molar-refractivity contribution in [2.75, 3.05) is 43.1 Å². The highest BCUT2D eigenvalue weighted by molar-refractivity contribution is 5.89. The Morgan fingerprint density at radius 3 is 2.63 bits per heavy atom. The lowest BCUT2D eigenvalue weighted by Gasteiger charge is -2.38. The summed E-state index contributed by atoms with van der Waals surface area (Å²) in [7, 11) is 0. The van der Waals surface area contributed by atoms with Crippen molar-refractivity contribution < 1.29 is 14.3 Å². The van der Waals surface area contributed by atoms with E-state index in [1.807, 2.05) is 36.1 Å². The average Bonchev–Trinajstić information content (AvgIpc) is 3.62. The average molecular weight is 479 g/mol. The van der Waals surface area contributed by atoms with E-state index in [2.05, 4.69) is 29.4 Å². The summed E-state index contributed by atoms with van der Waals surface area (Å²) >= 11 is 0. The van der Waals surface area contributed by atoms with Crippen LogP contribution < -0.4 is 15.5 Å². The van der Waals surface area contributed by atoms with Crippen molar-refractivity contribution >= 4 is 23.4 Å². The summed E-state index contributed by atoms with van der Waals surface area (Å²) in [6, 6.07) is 7.54. The number of benzene rings is 1. The number of carbonyl (C=O) groups excluding carboxylic acids is 2. The van der Waals surface area contributed by atoms with Crippen LogP contribution >= 0.6 is 0 Å². The minimum absolute atomic E-state index is 0.193. The van der Waals surface area contributed by atoms with E-state index in [9.17, 15) is 9.59 Å². The molecule has 2 N–H and O–H groups in total. The zero-order valence-electron chi connectivity index (χ0n) is 20.8. The maximum Gasteiger partial charge on any atom is 0.319 e. The Labute approximate surface area is 206 Å². The van der Waals surface area contributed by atoms with Crippen molar-refractivity contribution in [3.63, 3.8) is 0 Å². The van der Waals surface area contributed by atoms with Gasteiger partial charge in [-0.25, -0.2) is 14.8 Å². The van der Waals surface area contributed by atoms with Gasteiger partial charge in [-0.05, 0) is 57.4 Å². The lowest BCUT2D eigenvalue weighted by molar-refractivity contribution is -0.137. The Bertz CT molecular complexity index is 1110. The van der Waals surface area contributed by atoms with E-state index < -0.39 is 0 Å². The van der Waals surface area contributed by atoms with Crippen LogP contribution in [-0.4, -0.2) is 65.7 Å². The molecule has 0 bridgehead atoms. The number of urea groups is 1. The van der Waals surface area contributed by atoms with Crippen LogP contribution in [0.15, 0.2) is 24.3 Å². The summed E-state index contributed by atoms with van der Waals surface area (Å²) in [5, 5.41) is 5.55. The van der Waals surface area contributed by atoms with Gasteiger partial charge in [-0.1, -0.05) is 6.92 Å². The number of hydrogen-bond donors (Lipinski definition) is 2. The molecule has 3 amide bonds. The topological polar surface area (TPSA) is 99.7 Å². The number of ether oxygens (including phenoxy) is 1. The first kappa shape index (κ1) is 23.5. The second-order valence-corrected chi connectivity index (χ2v) is 10.0. The predicted molar refractivity (Wildman–Crippen MR) is 134 cm³/mol. The monoisotopic (exact) mass is 478 g/mol. The first-order valence-corrected chi connectivity index (χ1v) is 12.6. The molecule has 5 rings (SSSR count). The summed E-state index contributed by atoms with van der Waals surface area (Å²) in [5.41, 5.74) is 3.45. The van der Waals surface area contributed by atoms with Crippen molar-refractivity contribution in [1.82, 2.24) is 20.2 Å². The Kier molecular flexibility index (Phi) is 6.35. The molecule has 1 aliphatic carbocycles. The van der Waals surface area contributed by atoms with Gasteiger partial charge in [0.05, 0.1) is 31.5 Å². The molecule has 1 aromatic carbocycles. The molecule has 9 heteroatoms. The SMILES string of the molecule is CCNC(=O)Nc1ccc(-c2nc3c(c(N4CCOCC4C)n2)CCN(C(=O)C2(C)CC2)C3)cc1. The summed E-state index contributed by atoms with van der Waals surface area (Å²) in [5.74, 6) is 1.83. The number of anilines is 2. The number of nitrogens with one attached hydrogen (secondary N) is 2. The summed E-state index contributed by atoms with van der Waals surface area (Å²) in [6.45, 7) is 9.99. The van der Waals surface area contributed by atoms with E-state index in [4.69, 9.17) is 14.7 Å². The molecule has 35 heavy (non-hydrogen) atoms. The van der Waals surface area contributed by atoms with Gasteiger partial charge in [0.25, 0.3) is 0 Å². The van der Waals surface area contributed by atoms with E-state index >= 15 is 0 Å². The second kappa shape index (κ2) is 9.45. The second-order valence-electron chi connectivity index (χ2n) is 10.0. The molecule has 1 unspecified atom stereocenters. The third kappa shape index (κ3) is 4.82. The van der Waals surface area contributed by atoms with Gasteiger partial charge in [0.1, 0.15) is 5.82 Å². The first-order valence-electron chi connectivity index (χ1n) is 12.6. The van der Waals surface area contributed by atoms with Crippen LogP contribution in [0.2, 0.25) is 0 Å². The zero-order chi connectivity index (χ0) is 24.6. The molecule has 1 saturated heterocycles. The molecule has 9 nitrogen and oxygen atoms in total. The lowest BCUT2D eigenvalue weighted by Crippen LogP contribution is -2.46. The fourth-order valence-corrected chi connectivity index (χ4v) is 4.81. The Balaban J connectivity index is 1.48. The minimum atomic E-state index is -0.233. The minimum Gasteiger partial charge on any atom is -0.377 e. The van der Waals surface area contributed by atoms with Crippen LogP contribution in [0, 0.1) is 5.41 Å². The van der Waals surface area contributed by atoms with E-state index in [1.165, 1.54) is 0 Å². The standard InChI is InChI=1S/C26H34N6O3/c1-4-27-25(34)28-19-7-5-18(6-8-19)22-29-21-15-31(24(33)26(3)10-11-26)12-9-20(21)23(30-22)32-13-14-35-16-17(32)2/h5-8,17H,4,9-16H2,1-3H3,(H2,27,28,34). The summed E-state index contributed by atoms with van der Waals surface area (Å²) in [6.07, 6.45) is 2.70. The van der Waals surface area contributed by atoms with Crippen LogP contribution in [-0.2, 0) is 22.5 Å². The molecular formula is C26H34N6O3. The summed E-state index contributed by atoms with van der Waals surface area (Å²) in [4.78, 5) is 39.2. The number of nitrogens with zero attached hydrogens (tertiary/aromatic N) is 4. The van der Waals surface area contributed by atoms with Crippen molar-refractivity contribution in [1.29, 1.82) is 0 Å². The number of fused-ring (bicyclic) bond motifs is 1. The van der Waals surface area contributed by atoms with Crippen LogP contribution in [0.25, 0.3) is 11.4 Å². The first-order chi connectivity index (χ1) is 16.9. The molecule has 1 saturated carbocycles. The molecule has 0 spiro atoms. The van der Waals surface area contributed by atoms with E-state index in [-0.39, 0.29) is 23.4 Å². The van der Waals surface area contributed by atoms with Crippen LogP contribution in [0.1, 0.15) is 44.9 Å².